The van der Waals surface area contributed by atoms with Gasteiger partial charge in [-0.15, -0.1) is 0 Å². The summed E-state index contributed by atoms with van der Waals surface area (Å²) in [6, 6.07) is 0. The van der Waals surface area contributed by atoms with Crippen LogP contribution in [-0.4, -0.2) is 35.4 Å². The van der Waals surface area contributed by atoms with Crippen LogP contribution in [0.5, 0.6) is 0 Å². The summed E-state index contributed by atoms with van der Waals surface area (Å²) >= 11 is 0. The van der Waals surface area contributed by atoms with Crippen molar-refractivity contribution in [2.24, 2.45) is 11.3 Å². The first-order chi connectivity index (χ1) is 8.20. The van der Waals surface area contributed by atoms with Crippen LogP contribution in [-0.2, 0) is 19.4 Å². The number of carboxylic acid groups (broad SMARTS) is 2. The Kier molecular flexibility index (Phi) is 7.23. The van der Waals surface area contributed by atoms with Gasteiger partial charge in [0.25, 0.3) is 0 Å². The van der Waals surface area contributed by atoms with Crippen LogP contribution in [0.3, 0.4) is 0 Å². The molecule has 18 heavy (non-hydrogen) atoms. The Bertz CT molecular complexity index is 296. The van der Waals surface area contributed by atoms with Crippen LogP contribution in [0, 0.1) is 11.3 Å². The number of aliphatic carboxylic acids is 2. The van der Waals surface area contributed by atoms with E-state index >= 15 is 0 Å². The largest absolute Gasteiger partial charge is 0.481 e. The normalized spacial score (nSPS) is 16.4. The summed E-state index contributed by atoms with van der Waals surface area (Å²) in [6.45, 7) is 6.67. The predicted octanol–water partition coefficient (Wildman–Crippen LogP) is 1.71. The molecule has 0 aromatic heterocycles. The Hall–Kier alpha value is -1.40. The van der Waals surface area contributed by atoms with Gasteiger partial charge in [0.2, 0.25) is 0 Å². The predicted molar refractivity (Wildman–Crippen MR) is 63.9 cm³/mol. The minimum absolute atomic E-state index is 0.0294. The molecule has 0 aromatic rings. The summed E-state index contributed by atoms with van der Waals surface area (Å²) < 4.78 is 0. The maximum Gasteiger partial charge on any atom is 0.327 e. The molecule has 6 heteroatoms. The first kappa shape index (κ1) is 16.6. The zero-order valence-electron chi connectivity index (χ0n) is 10.9. The van der Waals surface area contributed by atoms with Crippen molar-refractivity contribution in [3.05, 3.63) is 12.2 Å². The van der Waals surface area contributed by atoms with Gasteiger partial charge < -0.3 is 10.2 Å². The average molecular weight is 260 g/mol. The van der Waals surface area contributed by atoms with Crippen molar-refractivity contribution in [3.8, 4) is 0 Å². The van der Waals surface area contributed by atoms with Crippen LogP contribution in [0.1, 0.15) is 27.2 Å². The SMILES string of the molecule is CC(C)(C)C=CC(=O)O.O=C(O)CC1COOC1. The van der Waals surface area contributed by atoms with Gasteiger partial charge in [-0.25, -0.2) is 14.6 Å². The number of carboxylic acids is 2. The molecule has 1 saturated heterocycles. The van der Waals surface area contributed by atoms with Crippen molar-refractivity contribution in [3.63, 3.8) is 0 Å². The molecule has 2 N–H and O–H groups in total. The summed E-state index contributed by atoms with van der Waals surface area (Å²) in [5.41, 5.74) is -0.0294. The van der Waals surface area contributed by atoms with Crippen molar-refractivity contribution >= 4 is 11.9 Å². The lowest BCUT2D eigenvalue weighted by Gasteiger charge is -2.09. The fourth-order valence-corrected chi connectivity index (χ4v) is 1.02. The van der Waals surface area contributed by atoms with E-state index in [0.717, 1.165) is 0 Å². The maximum absolute atomic E-state index is 10.0. The van der Waals surface area contributed by atoms with Gasteiger partial charge in [0.1, 0.15) is 0 Å². The highest BCUT2D eigenvalue weighted by Crippen LogP contribution is 2.13. The van der Waals surface area contributed by atoms with E-state index in [-0.39, 0.29) is 17.8 Å². The molecule has 1 rings (SSSR count). The molecule has 0 bridgehead atoms. The Morgan fingerprint density at radius 2 is 1.72 bits per heavy atom. The number of allylic oxidation sites excluding steroid dienone is 1. The molecule has 0 unspecified atom stereocenters. The number of hydrogen-bond donors (Lipinski definition) is 2. The zero-order valence-corrected chi connectivity index (χ0v) is 10.9. The highest BCUT2D eigenvalue weighted by molar-refractivity contribution is 5.79. The molecule has 1 heterocycles. The number of rotatable bonds is 3. The molecule has 6 nitrogen and oxygen atoms in total. The standard InChI is InChI=1S/C7H12O2.C5H8O4/c1-7(2,3)5-4-6(8)9;6-5(7)1-4-2-8-9-3-4/h4-5H,1-3H3,(H,8,9);4H,1-3H2,(H,6,7). The van der Waals surface area contributed by atoms with E-state index in [1.54, 1.807) is 6.08 Å². The molecule has 1 aliphatic heterocycles. The molecule has 0 aromatic carbocycles. The molecule has 0 atom stereocenters. The van der Waals surface area contributed by atoms with E-state index in [1.807, 2.05) is 20.8 Å². The van der Waals surface area contributed by atoms with Gasteiger partial charge >= 0.3 is 11.9 Å². The van der Waals surface area contributed by atoms with Gasteiger partial charge in [0, 0.05) is 12.0 Å². The monoisotopic (exact) mass is 260 g/mol. The lowest BCUT2D eigenvalue weighted by Crippen LogP contribution is -2.09. The molecule has 0 amide bonds. The van der Waals surface area contributed by atoms with E-state index in [2.05, 4.69) is 9.78 Å². The van der Waals surface area contributed by atoms with Gasteiger partial charge in [-0.3, -0.25) is 4.79 Å². The Labute approximate surface area is 106 Å². The maximum atomic E-state index is 10.0. The lowest BCUT2D eigenvalue weighted by molar-refractivity contribution is -0.248. The molecule has 0 aliphatic carbocycles. The fourth-order valence-electron chi connectivity index (χ4n) is 1.02. The minimum atomic E-state index is -0.884. The summed E-state index contributed by atoms with van der Waals surface area (Å²) in [7, 11) is 0. The molecule has 0 saturated carbocycles. The second-order valence-electron chi connectivity index (χ2n) is 5.07. The summed E-state index contributed by atoms with van der Waals surface area (Å²) in [5.74, 6) is -1.64. The highest BCUT2D eigenvalue weighted by Gasteiger charge is 2.19. The summed E-state index contributed by atoms with van der Waals surface area (Å²) in [5, 5.41) is 16.5. The fraction of sp³-hybridized carbons (Fsp3) is 0.667. The third-order valence-corrected chi connectivity index (χ3v) is 1.88. The molecule has 0 spiro atoms. The Balaban J connectivity index is 0.000000321. The third kappa shape index (κ3) is 11.1. The average Bonchev–Trinajstić information content (AvgIpc) is 2.66. The molecular formula is C12H20O6. The first-order valence-electron chi connectivity index (χ1n) is 5.59. The van der Waals surface area contributed by atoms with Crippen LogP contribution in [0.2, 0.25) is 0 Å². The van der Waals surface area contributed by atoms with E-state index in [0.29, 0.717) is 13.2 Å². The number of hydrogen-bond acceptors (Lipinski definition) is 4. The van der Waals surface area contributed by atoms with E-state index in [9.17, 15) is 9.59 Å². The van der Waals surface area contributed by atoms with Crippen LogP contribution < -0.4 is 0 Å². The topological polar surface area (TPSA) is 93.1 Å². The van der Waals surface area contributed by atoms with Crippen molar-refractivity contribution in [2.75, 3.05) is 13.2 Å². The smallest absolute Gasteiger partial charge is 0.327 e. The highest BCUT2D eigenvalue weighted by atomic mass is 17.2. The molecule has 1 aliphatic rings. The Morgan fingerprint density at radius 3 is 2.00 bits per heavy atom. The molecule has 104 valence electrons. The zero-order chi connectivity index (χ0) is 14.2. The van der Waals surface area contributed by atoms with E-state index in [4.69, 9.17) is 10.2 Å². The second kappa shape index (κ2) is 7.84. The minimum Gasteiger partial charge on any atom is -0.481 e. The molecule has 1 fully saturated rings. The van der Waals surface area contributed by atoms with Crippen molar-refractivity contribution in [1.29, 1.82) is 0 Å². The number of carbonyl (C=O) groups is 2. The van der Waals surface area contributed by atoms with Gasteiger partial charge in [-0.05, 0) is 5.41 Å². The van der Waals surface area contributed by atoms with Crippen LogP contribution >= 0.6 is 0 Å². The van der Waals surface area contributed by atoms with Gasteiger partial charge in [0.15, 0.2) is 0 Å². The Morgan fingerprint density at radius 1 is 1.22 bits per heavy atom. The second-order valence-corrected chi connectivity index (χ2v) is 5.07. The lowest BCUT2D eigenvalue weighted by atomic mass is 9.96. The molecule has 0 radical (unpaired) electrons. The van der Waals surface area contributed by atoms with Crippen LogP contribution in [0.4, 0.5) is 0 Å². The van der Waals surface area contributed by atoms with Crippen LogP contribution in [0.15, 0.2) is 12.2 Å². The quantitative estimate of drug-likeness (QED) is 0.592. The van der Waals surface area contributed by atoms with Gasteiger partial charge in [-0.2, -0.15) is 0 Å². The first-order valence-corrected chi connectivity index (χ1v) is 5.59. The summed E-state index contributed by atoms with van der Waals surface area (Å²) in [4.78, 5) is 29.0. The van der Waals surface area contributed by atoms with Gasteiger partial charge in [0.05, 0.1) is 19.6 Å². The van der Waals surface area contributed by atoms with Gasteiger partial charge in [-0.1, -0.05) is 26.8 Å². The molecular weight excluding hydrogens is 240 g/mol. The third-order valence-electron chi connectivity index (χ3n) is 1.88. The van der Waals surface area contributed by atoms with Crippen molar-refractivity contribution in [2.45, 2.75) is 27.2 Å². The van der Waals surface area contributed by atoms with E-state index < -0.39 is 11.9 Å². The van der Waals surface area contributed by atoms with Crippen molar-refractivity contribution < 1.29 is 29.6 Å². The van der Waals surface area contributed by atoms with Crippen molar-refractivity contribution in [1.82, 2.24) is 0 Å². The van der Waals surface area contributed by atoms with E-state index in [1.165, 1.54) is 6.08 Å². The summed E-state index contributed by atoms with van der Waals surface area (Å²) in [6.07, 6.45) is 2.97. The van der Waals surface area contributed by atoms with Crippen LogP contribution in [0.25, 0.3) is 0 Å².